The lowest BCUT2D eigenvalue weighted by atomic mass is 9.74. The summed E-state index contributed by atoms with van der Waals surface area (Å²) in [7, 11) is 0. The van der Waals surface area contributed by atoms with Gasteiger partial charge in [-0.1, -0.05) is 55.8 Å². The van der Waals surface area contributed by atoms with Crippen LogP contribution in [0.2, 0.25) is 0 Å². The first-order valence-electron chi connectivity index (χ1n) is 13.0. The van der Waals surface area contributed by atoms with Crippen molar-refractivity contribution >= 4 is 28.6 Å². The van der Waals surface area contributed by atoms with Crippen LogP contribution in [0.5, 0.6) is 0 Å². The van der Waals surface area contributed by atoms with Gasteiger partial charge in [0.2, 0.25) is 5.91 Å². The highest BCUT2D eigenvalue weighted by molar-refractivity contribution is 6.07. The molecular weight excluding hydrogens is 442 g/mol. The highest BCUT2D eigenvalue weighted by Gasteiger charge is 2.55. The van der Waals surface area contributed by atoms with E-state index < -0.39 is 5.54 Å². The molecule has 35 heavy (non-hydrogen) atoms. The highest BCUT2D eigenvalue weighted by Crippen LogP contribution is 2.37. The number of nitrogens with zero attached hydrogens (tertiary/aromatic N) is 2. The number of likely N-dealkylation sites (tertiary alicyclic amines) is 1. The van der Waals surface area contributed by atoms with Crippen LogP contribution in [-0.4, -0.2) is 65.5 Å². The van der Waals surface area contributed by atoms with Gasteiger partial charge >= 0.3 is 6.03 Å². The second-order valence-electron chi connectivity index (χ2n) is 10.2. The monoisotopic (exact) mass is 477 g/mol. The number of nitrogens with one attached hydrogen (secondary N) is 1. The van der Waals surface area contributed by atoms with Crippen LogP contribution in [0.1, 0.15) is 51.0 Å². The molecule has 5 rings (SSSR count). The Hall–Kier alpha value is -2.93. The van der Waals surface area contributed by atoms with Crippen LogP contribution in [0.15, 0.2) is 42.5 Å². The maximum Gasteiger partial charge on any atom is 0.325 e. The number of piperidine rings is 1. The van der Waals surface area contributed by atoms with E-state index in [0.29, 0.717) is 51.9 Å². The number of ether oxygens (including phenoxy) is 1. The van der Waals surface area contributed by atoms with Gasteiger partial charge in [-0.25, -0.2) is 4.79 Å². The molecule has 2 aromatic rings. The quantitative estimate of drug-likeness (QED) is 0.614. The molecule has 0 aliphatic carbocycles. The number of carbonyl (C=O) groups excluding carboxylic acids is 3. The van der Waals surface area contributed by atoms with Crippen molar-refractivity contribution in [2.75, 3.05) is 26.2 Å². The Kier molecular flexibility index (Phi) is 6.78. The molecule has 0 saturated carbocycles. The molecule has 3 aliphatic rings. The summed E-state index contributed by atoms with van der Waals surface area (Å²) in [4.78, 5) is 42.9. The van der Waals surface area contributed by atoms with Crippen molar-refractivity contribution in [1.82, 2.24) is 15.1 Å². The van der Waals surface area contributed by atoms with E-state index in [4.69, 9.17) is 4.74 Å². The molecule has 7 heteroatoms. The molecule has 186 valence electrons. The number of fused-ring (bicyclic) bond motifs is 1. The molecule has 3 aliphatic heterocycles. The smallest absolute Gasteiger partial charge is 0.325 e. The molecular formula is C28H35N3O4. The highest BCUT2D eigenvalue weighted by atomic mass is 16.5. The van der Waals surface area contributed by atoms with Gasteiger partial charge in [0.1, 0.15) is 5.54 Å². The van der Waals surface area contributed by atoms with Gasteiger partial charge in [-0.2, -0.15) is 0 Å². The van der Waals surface area contributed by atoms with Crippen molar-refractivity contribution in [3.63, 3.8) is 0 Å². The fourth-order valence-electron chi connectivity index (χ4n) is 6.19. The van der Waals surface area contributed by atoms with Crippen LogP contribution < -0.4 is 5.32 Å². The number of imide groups is 1. The molecule has 0 bridgehead atoms. The zero-order chi connectivity index (χ0) is 24.4. The number of rotatable bonds is 7. The summed E-state index contributed by atoms with van der Waals surface area (Å²) in [5.74, 6) is 0.0292. The third kappa shape index (κ3) is 4.54. The summed E-state index contributed by atoms with van der Waals surface area (Å²) in [6.07, 6.45) is 5.01. The number of amides is 4. The summed E-state index contributed by atoms with van der Waals surface area (Å²) in [5.41, 5.74) is 0.176. The molecule has 2 aromatic carbocycles. The second-order valence-corrected chi connectivity index (χ2v) is 10.2. The molecule has 2 atom stereocenters. The van der Waals surface area contributed by atoms with Gasteiger partial charge in [-0.3, -0.25) is 14.5 Å². The van der Waals surface area contributed by atoms with Crippen LogP contribution in [-0.2, 0) is 20.7 Å². The van der Waals surface area contributed by atoms with Crippen LogP contribution in [0.4, 0.5) is 4.79 Å². The lowest BCUT2D eigenvalue weighted by Gasteiger charge is -2.41. The first-order chi connectivity index (χ1) is 17.0. The van der Waals surface area contributed by atoms with Crippen molar-refractivity contribution in [2.45, 2.75) is 63.5 Å². The Morgan fingerprint density at radius 1 is 1.09 bits per heavy atom. The first kappa shape index (κ1) is 23.8. The van der Waals surface area contributed by atoms with Gasteiger partial charge < -0.3 is 15.0 Å². The maximum absolute atomic E-state index is 13.6. The Balaban J connectivity index is 1.25. The molecule has 3 heterocycles. The topological polar surface area (TPSA) is 79.0 Å². The number of carbonyl (C=O) groups is 3. The summed E-state index contributed by atoms with van der Waals surface area (Å²) < 4.78 is 5.68. The Labute approximate surface area is 206 Å². The largest absolute Gasteiger partial charge is 0.376 e. The number of hydrogen-bond donors (Lipinski definition) is 1. The Morgan fingerprint density at radius 2 is 1.86 bits per heavy atom. The van der Waals surface area contributed by atoms with Gasteiger partial charge in [-0.05, 0) is 54.4 Å². The normalized spacial score (nSPS) is 25.5. The fraction of sp³-hybridized carbons (Fsp3) is 0.536. The number of benzene rings is 2. The van der Waals surface area contributed by atoms with E-state index in [0.717, 1.165) is 35.6 Å². The van der Waals surface area contributed by atoms with Crippen molar-refractivity contribution in [2.24, 2.45) is 5.92 Å². The summed E-state index contributed by atoms with van der Waals surface area (Å²) in [6.45, 7) is 4.29. The zero-order valence-corrected chi connectivity index (χ0v) is 20.5. The van der Waals surface area contributed by atoms with Crippen molar-refractivity contribution in [3.05, 3.63) is 48.0 Å². The zero-order valence-electron chi connectivity index (χ0n) is 20.5. The van der Waals surface area contributed by atoms with Gasteiger partial charge in [0.05, 0.1) is 19.1 Å². The average Bonchev–Trinajstić information content (AvgIpc) is 3.48. The lowest BCUT2D eigenvalue weighted by molar-refractivity contribution is -0.136. The molecule has 0 radical (unpaired) electrons. The second kappa shape index (κ2) is 9.97. The molecule has 0 unspecified atom stereocenters. The minimum atomic E-state index is -0.866. The lowest BCUT2D eigenvalue weighted by Crippen LogP contribution is -2.56. The van der Waals surface area contributed by atoms with E-state index in [-0.39, 0.29) is 29.9 Å². The van der Waals surface area contributed by atoms with E-state index >= 15 is 0 Å². The predicted molar refractivity (Wildman–Crippen MR) is 134 cm³/mol. The SMILES string of the molecule is CCC[C@@]1(C2CCN(C(=O)Cc3cccc4ccccc34)CC2)NC(=O)N(C[C@H]2CCCO2)C1=O. The van der Waals surface area contributed by atoms with Crippen molar-refractivity contribution < 1.29 is 19.1 Å². The molecule has 0 spiro atoms. The van der Waals surface area contributed by atoms with Gasteiger partial charge in [0, 0.05) is 19.7 Å². The Morgan fingerprint density at radius 3 is 2.60 bits per heavy atom. The van der Waals surface area contributed by atoms with Gasteiger partial charge in [0.25, 0.3) is 5.91 Å². The third-order valence-electron chi connectivity index (χ3n) is 8.02. The van der Waals surface area contributed by atoms with E-state index in [1.807, 2.05) is 36.1 Å². The van der Waals surface area contributed by atoms with Gasteiger partial charge in [0.15, 0.2) is 0 Å². The van der Waals surface area contributed by atoms with Crippen LogP contribution >= 0.6 is 0 Å². The summed E-state index contributed by atoms with van der Waals surface area (Å²) in [5, 5.41) is 5.35. The molecule has 4 amide bonds. The van der Waals surface area contributed by atoms with E-state index in [1.165, 1.54) is 4.90 Å². The van der Waals surface area contributed by atoms with E-state index in [9.17, 15) is 14.4 Å². The standard InChI is InChI=1S/C28H35N3O4/c1-2-14-28(26(33)31(27(34)29-28)19-23-10-6-17-35-23)22-12-15-30(16-13-22)25(32)18-21-9-5-8-20-7-3-4-11-24(20)21/h3-5,7-9,11,22-23H,2,6,10,12-19H2,1H3,(H,29,34)/t23-,28+/m1/s1. The molecule has 3 saturated heterocycles. The Bertz CT molecular complexity index is 1100. The predicted octanol–water partition coefficient (Wildman–Crippen LogP) is 3.89. The molecule has 3 fully saturated rings. The molecule has 7 nitrogen and oxygen atoms in total. The average molecular weight is 478 g/mol. The summed E-state index contributed by atoms with van der Waals surface area (Å²) >= 11 is 0. The van der Waals surface area contributed by atoms with E-state index in [2.05, 4.69) is 23.5 Å². The fourth-order valence-corrected chi connectivity index (χ4v) is 6.19. The molecule has 1 N–H and O–H groups in total. The summed E-state index contributed by atoms with van der Waals surface area (Å²) in [6, 6.07) is 13.9. The van der Waals surface area contributed by atoms with Gasteiger partial charge in [-0.15, -0.1) is 0 Å². The minimum Gasteiger partial charge on any atom is -0.376 e. The van der Waals surface area contributed by atoms with E-state index in [1.54, 1.807) is 0 Å². The van der Waals surface area contributed by atoms with Crippen molar-refractivity contribution in [3.8, 4) is 0 Å². The molecule has 0 aromatic heterocycles. The maximum atomic E-state index is 13.6. The first-order valence-corrected chi connectivity index (χ1v) is 13.0. The van der Waals surface area contributed by atoms with Crippen LogP contribution in [0.25, 0.3) is 10.8 Å². The van der Waals surface area contributed by atoms with Crippen LogP contribution in [0.3, 0.4) is 0 Å². The van der Waals surface area contributed by atoms with Crippen molar-refractivity contribution in [1.29, 1.82) is 0 Å². The minimum absolute atomic E-state index is 0.0231. The van der Waals surface area contributed by atoms with Crippen LogP contribution in [0, 0.1) is 5.92 Å². The number of urea groups is 1. The number of hydrogen-bond acceptors (Lipinski definition) is 4. The third-order valence-corrected chi connectivity index (χ3v) is 8.02.